The van der Waals surface area contributed by atoms with Gasteiger partial charge >= 0.3 is 0 Å². The number of rotatable bonds is 3. The molecule has 1 N–H and O–H groups in total. The Kier molecular flexibility index (Phi) is 3.39. The summed E-state index contributed by atoms with van der Waals surface area (Å²) in [4.78, 5) is 13.3. The predicted molar refractivity (Wildman–Crippen MR) is 70.5 cm³/mol. The minimum Gasteiger partial charge on any atom is -0.384 e. The van der Waals surface area contributed by atoms with Gasteiger partial charge in [-0.25, -0.2) is 0 Å². The maximum Gasteiger partial charge on any atom is 0.227 e. The van der Waals surface area contributed by atoms with Crippen LogP contribution in [0.15, 0.2) is 18.2 Å². The van der Waals surface area contributed by atoms with Crippen LogP contribution in [0.2, 0.25) is 0 Å². The van der Waals surface area contributed by atoms with Crippen molar-refractivity contribution in [2.75, 3.05) is 29.6 Å². The zero-order chi connectivity index (χ0) is 11.5. The summed E-state index contributed by atoms with van der Waals surface area (Å²) in [7, 11) is 1.83. The van der Waals surface area contributed by atoms with E-state index in [0.29, 0.717) is 6.42 Å². The Morgan fingerprint density at radius 3 is 3.00 bits per heavy atom. The van der Waals surface area contributed by atoms with Crippen LogP contribution in [-0.2, 0) is 11.2 Å². The fourth-order valence-electron chi connectivity index (χ4n) is 1.97. The molecule has 1 aromatic carbocycles. The molecule has 0 aliphatic carbocycles. The molecule has 2 rings (SSSR count). The van der Waals surface area contributed by atoms with E-state index in [2.05, 4.69) is 24.0 Å². The summed E-state index contributed by atoms with van der Waals surface area (Å²) in [6.45, 7) is 0.858. The highest BCUT2D eigenvalue weighted by atomic mass is 32.1. The second kappa shape index (κ2) is 4.78. The van der Waals surface area contributed by atoms with Crippen molar-refractivity contribution in [3.63, 3.8) is 0 Å². The van der Waals surface area contributed by atoms with Crippen molar-refractivity contribution in [3.8, 4) is 0 Å². The number of hydrogen-bond acceptors (Lipinski definition) is 3. The average Bonchev–Trinajstić information content (AvgIpc) is 2.31. The second-order valence-electron chi connectivity index (χ2n) is 3.95. The number of thiol groups is 1. The Labute approximate surface area is 101 Å². The molecule has 4 heteroatoms. The summed E-state index contributed by atoms with van der Waals surface area (Å²) in [6, 6.07) is 6.15. The first-order valence-electron chi connectivity index (χ1n) is 5.46. The van der Waals surface area contributed by atoms with Crippen LogP contribution in [0.25, 0.3) is 0 Å². The van der Waals surface area contributed by atoms with Crippen molar-refractivity contribution in [3.05, 3.63) is 23.8 Å². The van der Waals surface area contributed by atoms with Gasteiger partial charge in [0, 0.05) is 37.1 Å². The molecule has 1 heterocycles. The van der Waals surface area contributed by atoms with Crippen LogP contribution in [0.3, 0.4) is 0 Å². The van der Waals surface area contributed by atoms with E-state index in [1.54, 1.807) is 4.90 Å². The number of aryl methyl sites for hydroxylation is 1. The van der Waals surface area contributed by atoms with Crippen molar-refractivity contribution >= 4 is 29.9 Å². The van der Waals surface area contributed by atoms with Crippen LogP contribution < -0.4 is 10.2 Å². The van der Waals surface area contributed by atoms with E-state index in [1.807, 2.05) is 19.2 Å². The van der Waals surface area contributed by atoms with Gasteiger partial charge < -0.3 is 10.2 Å². The highest BCUT2D eigenvalue weighted by Gasteiger charge is 2.20. The molecule has 0 saturated heterocycles. The predicted octanol–water partition coefficient (Wildman–Crippen LogP) is 1.94. The molecule has 1 aromatic rings. The fourth-order valence-corrected chi connectivity index (χ4v) is 2.08. The van der Waals surface area contributed by atoms with Gasteiger partial charge in [0.05, 0.1) is 0 Å². The number of carbonyl (C=O) groups excluding carboxylic acids is 1. The van der Waals surface area contributed by atoms with Gasteiger partial charge in [0.1, 0.15) is 0 Å². The summed E-state index contributed by atoms with van der Waals surface area (Å²) in [5.41, 5.74) is 3.38. The van der Waals surface area contributed by atoms with Gasteiger partial charge in [0.25, 0.3) is 0 Å². The van der Waals surface area contributed by atoms with Crippen molar-refractivity contribution in [2.45, 2.75) is 12.8 Å². The average molecular weight is 236 g/mol. The zero-order valence-corrected chi connectivity index (χ0v) is 10.3. The minimum absolute atomic E-state index is 0.198. The largest absolute Gasteiger partial charge is 0.384 e. The zero-order valence-electron chi connectivity index (χ0n) is 9.36. The molecule has 16 heavy (non-hydrogen) atoms. The van der Waals surface area contributed by atoms with Gasteiger partial charge in [0.2, 0.25) is 5.91 Å². The summed E-state index contributed by atoms with van der Waals surface area (Å²) >= 11 is 4.16. The molecule has 0 fully saturated rings. The maximum absolute atomic E-state index is 11.5. The Morgan fingerprint density at radius 2 is 2.25 bits per heavy atom. The lowest BCUT2D eigenvalue weighted by Crippen LogP contribution is -2.31. The lowest BCUT2D eigenvalue weighted by Gasteiger charge is -2.26. The topological polar surface area (TPSA) is 32.3 Å². The van der Waals surface area contributed by atoms with E-state index in [-0.39, 0.29) is 5.91 Å². The van der Waals surface area contributed by atoms with Crippen LogP contribution in [0.1, 0.15) is 12.0 Å². The summed E-state index contributed by atoms with van der Waals surface area (Å²) in [5, 5.41) is 3.29. The van der Waals surface area contributed by atoms with Gasteiger partial charge in [-0.15, -0.1) is 0 Å². The van der Waals surface area contributed by atoms with E-state index < -0.39 is 0 Å². The van der Waals surface area contributed by atoms with Crippen molar-refractivity contribution in [1.82, 2.24) is 0 Å². The highest BCUT2D eigenvalue weighted by molar-refractivity contribution is 7.80. The number of fused-ring (bicyclic) bond motifs is 1. The normalized spacial score (nSPS) is 14.9. The Balaban J connectivity index is 2.23. The molecule has 1 amide bonds. The Hall–Kier alpha value is -1.16. The smallest absolute Gasteiger partial charge is 0.227 e. The highest BCUT2D eigenvalue weighted by Crippen LogP contribution is 2.29. The molecule has 1 aliphatic rings. The van der Waals surface area contributed by atoms with Crippen molar-refractivity contribution in [2.24, 2.45) is 0 Å². The van der Waals surface area contributed by atoms with E-state index in [9.17, 15) is 4.79 Å². The number of anilines is 2. The first-order valence-corrected chi connectivity index (χ1v) is 6.10. The number of carbonyl (C=O) groups is 1. The summed E-state index contributed by atoms with van der Waals surface area (Å²) in [5.74, 6) is 1.01. The SMILES string of the molecule is CN1C(=O)CCc2cc(NCCS)ccc21. The first-order chi connectivity index (χ1) is 7.72. The fraction of sp³-hybridized carbons (Fsp3) is 0.417. The van der Waals surface area contributed by atoms with E-state index in [0.717, 1.165) is 30.1 Å². The van der Waals surface area contributed by atoms with Crippen molar-refractivity contribution < 1.29 is 4.79 Å². The van der Waals surface area contributed by atoms with Gasteiger partial charge in [0.15, 0.2) is 0 Å². The van der Waals surface area contributed by atoms with Crippen LogP contribution in [-0.4, -0.2) is 25.3 Å². The number of hydrogen-bond donors (Lipinski definition) is 2. The number of benzene rings is 1. The molecule has 3 nitrogen and oxygen atoms in total. The summed E-state index contributed by atoms with van der Waals surface area (Å²) < 4.78 is 0. The van der Waals surface area contributed by atoms with Crippen molar-refractivity contribution in [1.29, 1.82) is 0 Å². The lowest BCUT2D eigenvalue weighted by molar-refractivity contribution is -0.118. The molecule has 86 valence electrons. The van der Waals surface area contributed by atoms with Gasteiger partial charge in [-0.2, -0.15) is 12.6 Å². The molecular formula is C12H16N2OS. The van der Waals surface area contributed by atoms with E-state index >= 15 is 0 Å². The molecule has 0 bridgehead atoms. The molecule has 0 unspecified atom stereocenters. The molecule has 0 radical (unpaired) electrons. The Bertz CT molecular complexity index is 406. The quantitative estimate of drug-likeness (QED) is 0.786. The molecular weight excluding hydrogens is 220 g/mol. The second-order valence-corrected chi connectivity index (χ2v) is 4.39. The van der Waals surface area contributed by atoms with Crippen LogP contribution >= 0.6 is 12.6 Å². The molecule has 0 aromatic heterocycles. The minimum atomic E-state index is 0.198. The van der Waals surface area contributed by atoms with Crippen LogP contribution in [0, 0.1) is 0 Å². The van der Waals surface area contributed by atoms with Crippen LogP contribution in [0.4, 0.5) is 11.4 Å². The number of amides is 1. The maximum atomic E-state index is 11.5. The molecule has 0 spiro atoms. The first kappa shape index (κ1) is 11.3. The van der Waals surface area contributed by atoms with E-state index in [4.69, 9.17) is 0 Å². The third-order valence-electron chi connectivity index (χ3n) is 2.86. The van der Waals surface area contributed by atoms with Gasteiger partial charge in [-0.3, -0.25) is 4.79 Å². The third-order valence-corrected chi connectivity index (χ3v) is 3.09. The Morgan fingerprint density at radius 1 is 1.44 bits per heavy atom. The standard InChI is InChI=1S/C12H16N2OS/c1-14-11-4-3-10(13-6-7-16)8-9(11)2-5-12(14)15/h3-4,8,13,16H,2,5-7H2,1H3. The molecule has 0 atom stereocenters. The lowest BCUT2D eigenvalue weighted by atomic mass is 10.0. The number of nitrogens with zero attached hydrogens (tertiary/aromatic N) is 1. The molecule has 0 saturated carbocycles. The van der Waals surface area contributed by atoms with Gasteiger partial charge in [-0.1, -0.05) is 0 Å². The number of nitrogens with one attached hydrogen (secondary N) is 1. The summed E-state index contributed by atoms with van der Waals surface area (Å²) in [6.07, 6.45) is 1.45. The van der Waals surface area contributed by atoms with Crippen LogP contribution in [0.5, 0.6) is 0 Å². The van der Waals surface area contributed by atoms with E-state index in [1.165, 1.54) is 5.56 Å². The molecule has 1 aliphatic heterocycles. The monoisotopic (exact) mass is 236 g/mol. The van der Waals surface area contributed by atoms with Gasteiger partial charge in [-0.05, 0) is 30.2 Å². The third kappa shape index (κ3) is 2.16.